The van der Waals surface area contributed by atoms with Crippen molar-refractivity contribution in [2.24, 2.45) is 4.99 Å². The van der Waals surface area contributed by atoms with Crippen LogP contribution in [0.3, 0.4) is 0 Å². The first-order valence-electron chi connectivity index (χ1n) is 10.8. The molecule has 6 nitrogen and oxygen atoms in total. The third-order valence-corrected chi connectivity index (χ3v) is 6.19. The predicted molar refractivity (Wildman–Crippen MR) is 134 cm³/mol. The van der Waals surface area contributed by atoms with E-state index in [0.717, 1.165) is 16.7 Å². The summed E-state index contributed by atoms with van der Waals surface area (Å²) in [5.41, 5.74) is 2.92. The Bertz CT molecular complexity index is 1210. The summed E-state index contributed by atoms with van der Waals surface area (Å²) in [4.78, 5) is 31.3. The van der Waals surface area contributed by atoms with E-state index >= 15 is 0 Å². The second-order valence-corrected chi connectivity index (χ2v) is 8.75. The maximum atomic E-state index is 13.3. The Hall–Kier alpha value is -3.84. The van der Waals surface area contributed by atoms with Crippen LogP contribution in [0.5, 0.6) is 5.75 Å². The van der Waals surface area contributed by atoms with Crippen molar-refractivity contribution in [3.63, 3.8) is 0 Å². The number of amidine groups is 1. The van der Waals surface area contributed by atoms with Crippen molar-refractivity contribution in [3.8, 4) is 5.75 Å². The molecular weight excluding hydrogens is 448 g/mol. The second kappa shape index (κ2) is 10.9. The van der Waals surface area contributed by atoms with Gasteiger partial charge in [-0.25, -0.2) is 4.79 Å². The Morgan fingerprint density at radius 3 is 2.24 bits per heavy atom. The number of hydrogen-bond acceptors (Lipinski definition) is 5. The molecular formula is C27H24N2O4S. The second-order valence-electron chi connectivity index (χ2n) is 7.74. The van der Waals surface area contributed by atoms with Gasteiger partial charge in [0, 0.05) is 0 Å². The summed E-state index contributed by atoms with van der Waals surface area (Å²) in [5, 5.41) is 9.66. The van der Waals surface area contributed by atoms with E-state index in [2.05, 4.69) is 0 Å². The maximum absolute atomic E-state index is 13.3. The van der Waals surface area contributed by atoms with Gasteiger partial charge in [0.2, 0.25) is 0 Å². The van der Waals surface area contributed by atoms with Crippen LogP contribution in [-0.2, 0) is 22.7 Å². The van der Waals surface area contributed by atoms with E-state index in [4.69, 9.17) is 14.8 Å². The molecule has 3 aromatic carbocycles. The van der Waals surface area contributed by atoms with Gasteiger partial charge in [-0.15, -0.1) is 0 Å². The van der Waals surface area contributed by atoms with Crippen LogP contribution in [0.1, 0.15) is 23.6 Å². The van der Waals surface area contributed by atoms with E-state index in [1.807, 2.05) is 66.7 Å². The summed E-state index contributed by atoms with van der Waals surface area (Å²) in [6.07, 6.45) is 0.881. The van der Waals surface area contributed by atoms with Gasteiger partial charge in [0.1, 0.15) is 5.75 Å². The Labute approximate surface area is 202 Å². The maximum Gasteiger partial charge on any atom is 0.344 e. The topological polar surface area (TPSA) is 79.2 Å². The molecule has 0 unspecified atom stereocenters. The fourth-order valence-corrected chi connectivity index (χ4v) is 4.30. The molecule has 0 radical (unpaired) electrons. The summed E-state index contributed by atoms with van der Waals surface area (Å²) >= 11 is 1.36. The Kier molecular flexibility index (Phi) is 7.44. The van der Waals surface area contributed by atoms with Gasteiger partial charge in [0.15, 0.2) is 11.3 Å². The lowest BCUT2D eigenvalue weighted by Gasteiger charge is -2.15. The summed E-state index contributed by atoms with van der Waals surface area (Å²) in [6.45, 7) is 2.41. The first kappa shape index (κ1) is 23.3. The van der Waals surface area contributed by atoms with Crippen molar-refractivity contribution >= 4 is 34.9 Å². The Morgan fingerprint density at radius 1 is 1.00 bits per heavy atom. The zero-order valence-corrected chi connectivity index (χ0v) is 19.4. The van der Waals surface area contributed by atoms with Crippen molar-refractivity contribution in [2.75, 3.05) is 0 Å². The summed E-state index contributed by atoms with van der Waals surface area (Å²) in [5.74, 6) is -0.668. The van der Waals surface area contributed by atoms with Gasteiger partial charge in [0.25, 0.3) is 5.91 Å². The lowest BCUT2D eigenvalue weighted by atomic mass is 10.2. The minimum atomic E-state index is -1.03. The molecule has 3 aromatic rings. The monoisotopic (exact) mass is 472 g/mol. The van der Waals surface area contributed by atoms with Gasteiger partial charge in [-0.05, 0) is 53.6 Å². The fourth-order valence-electron chi connectivity index (χ4n) is 3.32. The van der Waals surface area contributed by atoms with Crippen molar-refractivity contribution in [2.45, 2.75) is 26.1 Å². The van der Waals surface area contributed by atoms with Crippen LogP contribution in [0.25, 0.3) is 6.08 Å². The van der Waals surface area contributed by atoms with Gasteiger partial charge in [-0.3, -0.25) is 14.7 Å². The molecule has 0 aromatic heterocycles. The Balaban J connectivity index is 1.56. The molecule has 1 amide bonds. The number of ether oxygens (including phenoxy) is 1. The number of carbonyl (C=O) groups excluding carboxylic acids is 1. The number of nitrogens with zero attached hydrogens (tertiary/aromatic N) is 2. The average molecular weight is 473 g/mol. The van der Waals surface area contributed by atoms with E-state index in [0.29, 0.717) is 28.9 Å². The van der Waals surface area contributed by atoms with Crippen molar-refractivity contribution in [3.05, 3.63) is 107 Å². The van der Waals surface area contributed by atoms with Crippen LogP contribution >= 0.6 is 11.8 Å². The molecule has 0 saturated carbocycles. The normalized spacial score (nSPS) is 16.7. The standard InChI is InChI=1S/C27H24N2O4S/c1-19(26(31)32)33-23-14-12-20(13-15-23)16-24-25(30)29(18-22-10-6-3-7-11-22)27(34-24)28-17-21-8-4-2-5-9-21/h2-16,19H,17-18H2,1H3,(H,31,32)/b24-16-,28-27?/t19-/m1/s1. The molecule has 1 atom stereocenters. The van der Waals surface area contributed by atoms with Crippen molar-refractivity contribution in [1.82, 2.24) is 4.90 Å². The van der Waals surface area contributed by atoms with Gasteiger partial charge in [-0.1, -0.05) is 72.8 Å². The van der Waals surface area contributed by atoms with E-state index in [1.165, 1.54) is 18.7 Å². The van der Waals surface area contributed by atoms with E-state index in [1.54, 1.807) is 29.2 Å². The number of amides is 1. The molecule has 1 aliphatic heterocycles. The average Bonchev–Trinajstić information content (AvgIpc) is 3.14. The fraction of sp³-hybridized carbons (Fsp3) is 0.148. The molecule has 1 aliphatic rings. The third kappa shape index (κ3) is 5.94. The van der Waals surface area contributed by atoms with Gasteiger partial charge < -0.3 is 9.84 Å². The first-order chi connectivity index (χ1) is 16.5. The van der Waals surface area contributed by atoms with Crippen LogP contribution in [0.15, 0.2) is 94.8 Å². The smallest absolute Gasteiger partial charge is 0.344 e. The number of carboxylic acid groups (broad SMARTS) is 1. The summed E-state index contributed by atoms with van der Waals surface area (Å²) in [6, 6.07) is 26.8. The minimum Gasteiger partial charge on any atom is -0.479 e. The lowest BCUT2D eigenvalue weighted by molar-refractivity contribution is -0.144. The summed E-state index contributed by atoms with van der Waals surface area (Å²) in [7, 11) is 0. The SMILES string of the molecule is C[C@@H](Oc1ccc(/C=C2\SC(=NCc3ccccc3)N(Cc3ccccc3)C2=O)cc1)C(=O)O. The number of hydrogen-bond donors (Lipinski definition) is 1. The molecule has 7 heteroatoms. The molecule has 1 N–H and O–H groups in total. The van der Waals surface area contributed by atoms with Crippen LogP contribution in [-0.4, -0.2) is 33.2 Å². The molecule has 34 heavy (non-hydrogen) atoms. The molecule has 4 rings (SSSR count). The number of thioether (sulfide) groups is 1. The number of carbonyl (C=O) groups is 2. The minimum absolute atomic E-state index is 0.0968. The first-order valence-corrected chi connectivity index (χ1v) is 11.6. The molecule has 0 spiro atoms. The highest BCUT2D eigenvalue weighted by Gasteiger charge is 2.33. The molecule has 1 heterocycles. The Morgan fingerprint density at radius 2 is 1.62 bits per heavy atom. The van der Waals surface area contributed by atoms with Crippen LogP contribution in [0.2, 0.25) is 0 Å². The quantitative estimate of drug-likeness (QED) is 0.455. The van der Waals surface area contributed by atoms with Crippen LogP contribution in [0, 0.1) is 0 Å². The zero-order chi connectivity index (χ0) is 23.9. The largest absolute Gasteiger partial charge is 0.479 e. The van der Waals surface area contributed by atoms with E-state index in [-0.39, 0.29) is 5.91 Å². The summed E-state index contributed by atoms with van der Waals surface area (Å²) < 4.78 is 5.38. The van der Waals surface area contributed by atoms with Crippen molar-refractivity contribution in [1.29, 1.82) is 0 Å². The van der Waals surface area contributed by atoms with Gasteiger partial charge in [-0.2, -0.15) is 0 Å². The number of benzene rings is 3. The molecule has 172 valence electrons. The number of aliphatic carboxylic acids is 1. The van der Waals surface area contributed by atoms with Crippen LogP contribution < -0.4 is 4.74 Å². The predicted octanol–water partition coefficient (Wildman–Crippen LogP) is 5.21. The highest BCUT2D eigenvalue weighted by Crippen LogP contribution is 2.34. The molecule has 0 aliphatic carbocycles. The zero-order valence-electron chi connectivity index (χ0n) is 18.6. The number of aliphatic imine (C=N–C) groups is 1. The molecule has 0 bridgehead atoms. The van der Waals surface area contributed by atoms with Crippen molar-refractivity contribution < 1.29 is 19.4 Å². The van der Waals surface area contributed by atoms with Gasteiger partial charge in [0.05, 0.1) is 18.0 Å². The van der Waals surface area contributed by atoms with E-state index < -0.39 is 12.1 Å². The number of rotatable bonds is 8. The van der Waals surface area contributed by atoms with Crippen LogP contribution in [0.4, 0.5) is 0 Å². The number of carboxylic acids is 1. The lowest BCUT2D eigenvalue weighted by Crippen LogP contribution is -2.28. The third-order valence-electron chi connectivity index (χ3n) is 5.15. The highest BCUT2D eigenvalue weighted by atomic mass is 32.2. The van der Waals surface area contributed by atoms with E-state index in [9.17, 15) is 9.59 Å². The van der Waals surface area contributed by atoms with Gasteiger partial charge >= 0.3 is 5.97 Å². The molecule has 1 saturated heterocycles. The highest BCUT2D eigenvalue weighted by molar-refractivity contribution is 8.18. The molecule has 1 fully saturated rings.